The van der Waals surface area contributed by atoms with Crippen molar-refractivity contribution in [1.82, 2.24) is 19.9 Å². The van der Waals surface area contributed by atoms with E-state index in [1.54, 1.807) is 23.2 Å². The minimum absolute atomic E-state index is 0.144. The van der Waals surface area contributed by atoms with Crippen molar-refractivity contribution in [1.29, 1.82) is 0 Å². The Morgan fingerprint density at radius 1 is 1.38 bits per heavy atom. The van der Waals surface area contributed by atoms with Crippen molar-refractivity contribution >= 4 is 16.8 Å². The first-order chi connectivity index (χ1) is 11.6. The van der Waals surface area contributed by atoms with E-state index < -0.39 is 0 Å². The first kappa shape index (κ1) is 14.9. The molecule has 1 amide bonds. The number of rotatable bonds is 2. The minimum Gasteiger partial charge on any atom is -0.377 e. The van der Waals surface area contributed by atoms with E-state index in [0.29, 0.717) is 36.8 Å². The van der Waals surface area contributed by atoms with Gasteiger partial charge < -0.3 is 19.6 Å². The van der Waals surface area contributed by atoms with Gasteiger partial charge in [0.15, 0.2) is 0 Å². The van der Waals surface area contributed by atoms with E-state index in [1.807, 2.05) is 6.92 Å². The van der Waals surface area contributed by atoms with Crippen molar-refractivity contribution in [3.8, 4) is 0 Å². The Bertz CT molecular complexity index is 901. The molecule has 24 heavy (non-hydrogen) atoms. The lowest BCUT2D eigenvalue weighted by atomic mass is 10.2. The number of fused-ring (bicyclic) bond motifs is 1. The SMILES string of the molecule is Cc1cnc(C2COCCN2C(=O)c2cc3ccc(F)cc3[nH]2)[nH]1. The largest absolute Gasteiger partial charge is 0.377 e. The maximum Gasteiger partial charge on any atom is 0.271 e. The number of morpholine rings is 1. The van der Waals surface area contributed by atoms with Crippen molar-refractivity contribution in [2.45, 2.75) is 13.0 Å². The van der Waals surface area contributed by atoms with Gasteiger partial charge in [-0.15, -0.1) is 0 Å². The fourth-order valence-electron chi connectivity index (χ4n) is 3.04. The molecule has 1 fully saturated rings. The molecule has 0 bridgehead atoms. The molecule has 0 saturated carbocycles. The van der Waals surface area contributed by atoms with E-state index in [4.69, 9.17) is 4.74 Å². The number of ether oxygens (including phenoxy) is 1. The monoisotopic (exact) mass is 328 g/mol. The number of hydrogen-bond donors (Lipinski definition) is 2. The Labute approximate surface area is 137 Å². The molecule has 0 spiro atoms. The quantitative estimate of drug-likeness (QED) is 0.759. The fourth-order valence-corrected chi connectivity index (χ4v) is 3.04. The molecular weight excluding hydrogens is 311 g/mol. The number of amides is 1. The van der Waals surface area contributed by atoms with Crippen LogP contribution in [-0.2, 0) is 4.74 Å². The van der Waals surface area contributed by atoms with Gasteiger partial charge in [0.05, 0.1) is 13.2 Å². The first-order valence-electron chi connectivity index (χ1n) is 7.80. The highest BCUT2D eigenvalue weighted by Gasteiger charge is 2.31. The Morgan fingerprint density at radius 2 is 2.25 bits per heavy atom. The number of aromatic amines is 2. The maximum atomic E-state index is 13.3. The van der Waals surface area contributed by atoms with Gasteiger partial charge in [-0.2, -0.15) is 0 Å². The molecule has 3 heterocycles. The second-order valence-electron chi connectivity index (χ2n) is 5.96. The Morgan fingerprint density at radius 3 is 3.04 bits per heavy atom. The molecule has 2 aromatic heterocycles. The van der Waals surface area contributed by atoms with Crippen molar-refractivity contribution in [3.05, 3.63) is 53.5 Å². The van der Waals surface area contributed by atoms with Crippen molar-refractivity contribution < 1.29 is 13.9 Å². The lowest BCUT2D eigenvalue weighted by Crippen LogP contribution is -2.44. The van der Waals surface area contributed by atoms with Gasteiger partial charge in [0.1, 0.15) is 23.4 Å². The van der Waals surface area contributed by atoms with E-state index >= 15 is 0 Å². The van der Waals surface area contributed by atoms with E-state index in [-0.39, 0.29) is 17.8 Å². The van der Waals surface area contributed by atoms with Gasteiger partial charge in [-0.1, -0.05) is 0 Å². The predicted octanol–water partition coefficient (Wildman–Crippen LogP) is 2.55. The zero-order valence-electron chi connectivity index (χ0n) is 13.2. The summed E-state index contributed by atoms with van der Waals surface area (Å²) >= 11 is 0. The average Bonchev–Trinajstić information content (AvgIpc) is 3.20. The zero-order valence-corrected chi connectivity index (χ0v) is 13.2. The number of halogens is 1. The molecular formula is C17H17FN4O2. The van der Waals surface area contributed by atoms with E-state index in [1.165, 1.54) is 12.1 Å². The van der Waals surface area contributed by atoms with Crippen LogP contribution in [0.2, 0.25) is 0 Å². The predicted molar refractivity (Wildman–Crippen MR) is 86.2 cm³/mol. The molecule has 1 aliphatic heterocycles. The first-order valence-corrected chi connectivity index (χ1v) is 7.80. The number of benzene rings is 1. The summed E-state index contributed by atoms with van der Waals surface area (Å²) in [5, 5.41) is 0.804. The number of nitrogens with zero attached hydrogens (tertiary/aromatic N) is 2. The number of hydrogen-bond acceptors (Lipinski definition) is 3. The molecule has 1 aromatic carbocycles. The molecule has 1 atom stereocenters. The normalized spacial score (nSPS) is 18.2. The average molecular weight is 328 g/mol. The summed E-state index contributed by atoms with van der Waals surface area (Å²) in [7, 11) is 0. The third-order valence-electron chi connectivity index (χ3n) is 4.24. The van der Waals surface area contributed by atoms with Crippen molar-refractivity contribution in [3.63, 3.8) is 0 Å². The van der Waals surface area contributed by atoms with Gasteiger partial charge in [0.2, 0.25) is 0 Å². The van der Waals surface area contributed by atoms with Crippen LogP contribution in [0.4, 0.5) is 4.39 Å². The van der Waals surface area contributed by atoms with Crippen LogP contribution in [0.25, 0.3) is 10.9 Å². The standard InChI is InChI=1S/C17H17FN4O2/c1-10-8-19-16(20-10)15-9-24-5-4-22(15)17(23)14-6-11-2-3-12(18)7-13(11)21-14/h2-3,6-8,15,21H,4-5,9H2,1H3,(H,19,20). The molecule has 1 aliphatic rings. The second-order valence-corrected chi connectivity index (χ2v) is 5.96. The fraction of sp³-hybridized carbons (Fsp3) is 0.294. The number of aryl methyl sites for hydroxylation is 1. The number of aromatic nitrogens is 3. The van der Waals surface area contributed by atoms with Crippen LogP contribution in [-0.4, -0.2) is 45.5 Å². The summed E-state index contributed by atoms with van der Waals surface area (Å²) < 4.78 is 18.9. The van der Waals surface area contributed by atoms with Crippen LogP contribution >= 0.6 is 0 Å². The number of carbonyl (C=O) groups is 1. The molecule has 2 N–H and O–H groups in total. The van der Waals surface area contributed by atoms with Crippen LogP contribution in [0.1, 0.15) is 28.0 Å². The van der Waals surface area contributed by atoms with Gasteiger partial charge in [0.25, 0.3) is 5.91 Å². The Hall–Kier alpha value is -2.67. The topological polar surface area (TPSA) is 74.0 Å². The van der Waals surface area contributed by atoms with Crippen LogP contribution < -0.4 is 0 Å². The number of carbonyl (C=O) groups excluding carboxylic acids is 1. The molecule has 4 rings (SSSR count). The summed E-state index contributed by atoms with van der Waals surface area (Å²) in [6.45, 7) is 3.27. The summed E-state index contributed by atoms with van der Waals surface area (Å²) in [4.78, 5) is 25.2. The maximum absolute atomic E-state index is 13.3. The van der Waals surface area contributed by atoms with Crippen LogP contribution in [0.5, 0.6) is 0 Å². The van der Waals surface area contributed by atoms with Crippen molar-refractivity contribution in [2.75, 3.05) is 19.8 Å². The molecule has 0 radical (unpaired) electrons. The van der Waals surface area contributed by atoms with E-state index in [2.05, 4.69) is 15.0 Å². The lowest BCUT2D eigenvalue weighted by Gasteiger charge is -2.34. The van der Waals surface area contributed by atoms with Gasteiger partial charge in [-0.25, -0.2) is 9.37 Å². The van der Waals surface area contributed by atoms with Gasteiger partial charge >= 0.3 is 0 Å². The van der Waals surface area contributed by atoms with Crippen molar-refractivity contribution in [2.24, 2.45) is 0 Å². The highest BCUT2D eigenvalue weighted by atomic mass is 19.1. The van der Waals surface area contributed by atoms with E-state index in [0.717, 1.165) is 11.1 Å². The van der Waals surface area contributed by atoms with Crippen LogP contribution in [0, 0.1) is 12.7 Å². The van der Waals surface area contributed by atoms with Crippen LogP contribution in [0.3, 0.4) is 0 Å². The third-order valence-corrected chi connectivity index (χ3v) is 4.24. The summed E-state index contributed by atoms with van der Waals surface area (Å²) in [6.07, 6.45) is 1.73. The molecule has 6 nitrogen and oxygen atoms in total. The molecule has 7 heteroatoms. The lowest BCUT2D eigenvalue weighted by molar-refractivity contribution is -0.00526. The van der Waals surface area contributed by atoms with Gasteiger partial charge in [-0.3, -0.25) is 4.79 Å². The number of imidazole rings is 1. The Balaban J connectivity index is 1.67. The van der Waals surface area contributed by atoms with Crippen LogP contribution in [0.15, 0.2) is 30.5 Å². The zero-order chi connectivity index (χ0) is 16.7. The highest BCUT2D eigenvalue weighted by Crippen LogP contribution is 2.25. The van der Waals surface area contributed by atoms with E-state index in [9.17, 15) is 9.18 Å². The third kappa shape index (κ3) is 2.56. The smallest absolute Gasteiger partial charge is 0.271 e. The summed E-state index contributed by atoms with van der Waals surface area (Å²) in [5.41, 5.74) is 1.98. The molecule has 3 aromatic rings. The number of H-pyrrole nitrogens is 2. The molecule has 124 valence electrons. The molecule has 0 aliphatic carbocycles. The minimum atomic E-state index is -0.335. The highest BCUT2D eigenvalue weighted by molar-refractivity contribution is 5.98. The summed E-state index contributed by atoms with van der Waals surface area (Å²) in [6, 6.07) is 5.91. The Kier molecular flexibility index (Phi) is 3.57. The van der Waals surface area contributed by atoms with Gasteiger partial charge in [0, 0.05) is 29.3 Å². The second kappa shape index (κ2) is 5.76. The number of nitrogens with one attached hydrogen (secondary N) is 2. The molecule has 1 saturated heterocycles. The molecule has 1 unspecified atom stereocenters. The van der Waals surface area contributed by atoms with Gasteiger partial charge in [-0.05, 0) is 31.2 Å². The summed E-state index contributed by atoms with van der Waals surface area (Å²) in [5.74, 6) is 0.232.